The van der Waals surface area contributed by atoms with Crippen LogP contribution in [0, 0.1) is 18.8 Å². The lowest BCUT2D eigenvalue weighted by Gasteiger charge is -2.29. The third-order valence-electron chi connectivity index (χ3n) is 7.39. The molecule has 2 saturated heterocycles. The van der Waals surface area contributed by atoms with Crippen molar-refractivity contribution in [3.8, 4) is 0 Å². The first-order valence-electron chi connectivity index (χ1n) is 11.4. The number of benzene rings is 2. The second-order valence-corrected chi connectivity index (χ2v) is 9.93. The minimum absolute atomic E-state index is 0.0893. The summed E-state index contributed by atoms with van der Waals surface area (Å²) >= 11 is 6.37. The average Bonchev–Trinajstić information content (AvgIpc) is 3.45. The van der Waals surface area contributed by atoms with Crippen molar-refractivity contribution in [1.29, 1.82) is 0 Å². The van der Waals surface area contributed by atoms with Gasteiger partial charge >= 0.3 is 0 Å². The SMILES string of the molecule is Cc1ccc(C(CC(N)=O)N2CC3CN(C(=O)c4cc5ccccc5n4C)CC3C2)cc1Cl. The fourth-order valence-electron chi connectivity index (χ4n) is 5.57. The van der Waals surface area contributed by atoms with Gasteiger partial charge in [0, 0.05) is 61.6 Å². The zero-order valence-electron chi connectivity index (χ0n) is 19.0. The number of carbonyl (C=O) groups excluding carboxylic acids is 2. The number of amides is 2. The number of halogens is 1. The molecule has 2 aromatic carbocycles. The molecule has 3 heterocycles. The van der Waals surface area contributed by atoms with Crippen molar-refractivity contribution < 1.29 is 9.59 Å². The van der Waals surface area contributed by atoms with E-state index in [1.54, 1.807) is 0 Å². The number of primary amides is 1. The molecule has 3 unspecified atom stereocenters. The quantitative estimate of drug-likeness (QED) is 0.625. The van der Waals surface area contributed by atoms with E-state index in [1.807, 2.05) is 72.0 Å². The summed E-state index contributed by atoms with van der Waals surface area (Å²) in [5.74, 6) is 0.551. The molecule has 172 valence electrons. The number of aryl methyl sites for hydroxylation is 2. The Labute approximate surface area is 198 Å². The number of aromatic nitrogens is 1. The topological polar surface area (TPSA) is 71.6 Å². The molecule has 0 saturated carbocycles. The molecular weight excluding hydrogens is 436 g/mol. The molecule has 2 fully saturated rings. The summed E-state index contributed by atoms with van der Waals surface area (Å²) in [4.78, 5) is 29.5. The van der Waals surface area contributed by atoms with Gasteiger partial charge in [0.25, 0.3) is 5.91 Å². The number of carbonyl (C=O) groups is 2. The highest BCUT2D eigenvalue weighted by molar-refractivity contribution is 6.31. The average molecular weight is 465 g/mol. The molecule has 0 aliphatic carbocycles. The molecule has 7 heteroatoms. The maximum Gasteiger partial charge on any atom is 0.270 e. The molecule has 0 radical (unpaired) electrons. The van der Waals surface area contributed by atoms with Crippen LogP contribution in [0.4, 0.5) is 0 Å². The lowest BCUT2D eigenvalue weighted by atomic mass is 10.0. The number of likely N-dealkylation sites (tertiary alicyclic amines) is 2. The summed E-state index contributed by atoms with van der Waals surface area (Å²) in [7, 11) is 1.95. The van der Waals surface area contributed by atoms with Gasteiger partial charge in [-0.1, -0.05) is 41.9 Å². The number of nitrogens with zero attached hydrogens (tertiary/aromatic N) is 3. The molecule has 2 aliphatic heterocycles. The van der Waals surface area contributed by atoms with E-state index in [2.05, 4.69) is 4.90 Å². The minimum Gasteiger partial charge on any atom is -0.370 e. The Morgan fingerprint density at radius 3 is 2.39 bits per heavy atom. The van der Waals surface area contributed by atoms with E-state index in [0.717, 1.165) is 53.9 Å². The van der Waals surface area contributed by atoms with Crippen molar-refractivity contribution in [1.82, 2.24) is 14.4 Å². The Morgan fingerprint density at radius 1 is 1.06 bits per heavy atom. The van der Waals surface area contributed by atoms with E-state index < -0.39 is 0 Å². The van der Waals surface area contributed by atoms with Gasteiger partial charge < -0.3 is 15.2 Å². The number of rotatable bonds is 5. The van der Waals surface area contributed by atoms with E-state index in [-0.39, 0.29) is 24.3 Å². The normalized spacial score (nSPS) is 21.5. The Kier molecular flexibility index (Phi) is 5.67. The molecule has 3 aromatic rings. The molecule has 3 atom stereocenters. The summed E-state index contributed by atoms with van der Waals surface area (Å²) in [5, 5.41) is 1.79. The first-order chi connectivity index (χ1) is 15.8. The van der Waals surface area contributed by atoms with Gasteiger partial charge in [0.1, 0.15) is 5.69 Å². The van der Waals surface area contributed by atoms with Crippen molar-refractivity contribution in [3.05, 3.63) is 70.4 Å². The lowest BCUT2D eigenvalue weighted by molar-refractivity contribution is -0.119. The van der Waals surface area contributed by atoms with Crippen molar-refractivity contribution in [3.63, 3.8) is 0 Å². The van der Waals surface area contributed by atoms with Crippen molar-refractivity contribution in [2.24, 2.45) is 24.6 Å². The van der Waals surface area contributed by atoms with E-state index >= 15 is 0 Å². The Hall–Kier alpha value is -2.83. The van der Waals surface area contributed by atoms with Crippen LogP contribution in [0.5, 0.6) is 0 Å². The Bertz CT molecular complexity index is 1220. The number of para-hydroxylation sites is 1. The molecule has 1 aromatic heterocycles. The minimum atomic E-state index is -0.318. The van der Waals surface area contributed by atoms with Gasteiger partial charge in [0.05, 0.1) is 0 Å². The van der Waals surface area contributed by atoms with E-state index in [9.17, 15) is 9.59 Å². The van der Waals surface area contributed by atoms with Gasteiger partial charge in [-0.3, -0.25) is 14.5 Å². The van der Waals surface area contributed by atoms with Crippen LogP contribution >= 0.6 is 11.6 Å². The van der Waals surface area contributed by atoms with Gasteiger partial charge in [-0.2, -0.15) is 0 Å². The number of hydrogen-bond donors (Lipinski definition) is 1. The maximum absolute atomic E-state index is 13.3. The second-order valence-electron chi connectivity index (χ2n) is 9.53. The summed E-state index contributed by atoms with van der Waals surface area (Å²) in [6.07, 6.45) is 0.261. The van der Waals surface area contributed by atoms with Crippen molar-refractivity contribution in [2.75, 3.05) is 26.2 Å². The standard InChI is InChI=1S/C26H29ClN4O2/c1-16-7-8-18(9-21(16)27)23(11-25(28)32)30-12-19-14-31(15-20(19)13-30)26(33)24-10-17-5-3-4-6-22(17)29(24)2/h3-10,19-20,23H,11-15H2,1-2H3,(H2,28,32). The maximum atomic E-state index is 13.3. The zero-order valence-corrected chi connectivity index (χ0v) is 19.8. The number of nitrogens with two attached hydrogens (primary N) is 1. The fourth-order valence-corrected chi connectivity index (χ4v) is 5.76. The molecule has 0 spiro atoms. The third kappa shape index (κ3) is 4.02. The van der Waals surface area contributed by atoms with Crippen molar-refractivity contribution in [2.45, 2.75) is 19.4 Å². The van der Waals surface area contributed by atoms with E-state index in [1.165, 1.54) is 0 Å². The third-order valence-corrected chi connectivity index (χ3v) is 7.80. The van der Waals surface area contributed by atoms with Crippen LogP contribution in [-0.4, -0.2) is 52.4 Å². The summed E-state index contributed by atoms with van der Waals surface area (Å²) in [6, 6.07) is 16.0. The largest absolute Gasteiger partial charge is 0.370 e. The first-order valence-corrected chi connectivity index (χ1v) is 11.8. The van der Waals surface area contributed by atoms with Crippen LogP contribution in [0.2, 0.25) is 5.02 Å². The van der Waals surface area contributed by atoms with Crippen LogP contribution in [0.15, 0.2) is 48.5 Å². The number of hydrogen-bond acceptors (Lipinski definition) is 3. The zero-order chi connectivity index (χ0) is 23.3. The Morgan fingerprint density at radius 2 is 1.76 bits per heavy atom. The van der Waals surface area contributed by atoms with Crippen molar-refractivity contribution >= 4 is 34.3 Å². The van der Waals surface area contributed by atoms with E-state index in [4.69, 9.17) is 17.3 Å². The highest BCUT2D eigenvalue weighted by Gasteiger charge is 2.44. The van der Waals surface area contributed by atoms with Gasteiger partial charge in [-0.25, -0.2) is 0 Å². The van der Waals surface area contributed by atoms with Gasteiger partial charge in [-0.05, 0) is 48.1 Å². The molecule has 2 amide bonds. The molecule has 2 N–H and O–H groups in total. The smallest absolute Gasteiger partial charge is 0.270 e. The Balaban J connectivity index is 1.31. The van der Waals surface area contributed by atoms with Crippen LogP contribution in [0.25, 0.3) is 10.9 Å². The summed E-state index contributed by atoms with van der Waals surface area (Å²) < 4.78 is 1.99. The molecule has 6 nitrogen and oxygen atoms in total. The highest BCUT2D eigenvalue weighted by atomic mass is 35.5. The van der Waals surface area contributed by atoms with Crippen LogP contribution in [0.3, 0.4) is 0 Å². The number of fused-ring (bicyclic) bond motifs is 2. The molecule has 2 aliphatic rings. The van der Waals surface area contributed by atoms with Gasteiger partial charge in [0.2, 0.25) is 5.91 Å². The summed E-state index contributed by atoms with van der Waals surface area (Å²) in [6.45, 7) is 5.12. The highest BCUT2D eigenvalue weighted by Crippen LogP contribution is 2.38. The first kappa shape index (κ1) is 22.0. The fraction of sp³-hybridized carbons (Fsp3) is 0.385. The summed E-state index contributed by atoms with van der Waals surface area (Å²) in [5.41, 5.74) is 9.43. The predicted molar refractivity (Wildman–Crippen MR) is 130 cm³/mol. The molecule has 33 heavy (non-hydrogen) atoms. The predicted octanol–water partition coefficient (Wildman–Crippen LogP) is 3.76. The molecule has 0 bridgehead atoms. The van der Waals surface area contributed by atoms with Crippen LogP contribution < -0.4 is 5.73 Å². The monoisotopic (exact) mass is 464 g/mol. The van der Waals surface area contributed by atoms with Gasteiger partial charge in [0.15, 0.2) is 0 Å². The van der Waals surface area contributed by atoms with Crippen LogP contribution in [-0.2, 0) is 11.8 Å². The lowest BCUT2D eigenvalue weighted by Crippen LogP contribution is -2.36. The van der Waals surface area contributed by atoms with Gasteiger partial charge in [-0.15, -0.1) is 0 Å². The molecular formula is C26H29ClN4O2. The molecule has 5 rings (SSSR count). The van der Waals surface area contributed by atoms with E-state index in [0.29, 0.717) is 16.9 Å². The second kappa shape index (κ2) is 8.50. The van der Waals surface area contributed by atoms with Crippen LogP contribution in [0.1, 0.15) is 34.1 Å².